The number of phenolic OH excluding ortho intramolecular Hbond substituents is 1. The van der Waals surface area contributed by atoms with E-state index < -0.39 is 14.2 Å². The van der Waals surface area contributed by atoms with E-state index in [9.17, 15) is 33.9 Å². The number of phenols is 1. The summed E-state index contributed by atoms with van der Waals surface area (Å²) in [5.74, 6) is -1.65. The second-order valence-electron chi connectivity index (χ2n) is 19.0. The maximum absolute atomic E-state index is 14.8. The first-order chi connectivity index (χ1) is 29.2. The lowest BCUT2D eigenvalue weighted by Crippen LogP contribution is -2.50. The van der Waals surface area contributed by atoms with Crippen LogP contribution in [0.5, 0.6) is 5.75 Å². The Morgan fingerprint density at radius 2 is 1.69 bits per heavy atom. The highest BCUT2D eigenvalue weighted by Crippen LogP contribution is 2.33. The first-order valence-electron chi connectivity index (χ1n) is 23.2. The van der Waals surface area contributed by atoms with Crippen LogP contribution in [-0.2, 0) is 30.3 Å². The van der Waals surface area contributed by atoms with Gasteiger partial charge in [-0.1, -0.05) is 79.9 Å². The number of rotatable bonds is 27. The summed E-state index contributed by atoms with van der Waals surface area (Å²) in [7, 11) is -0.183. The average Bonchev–Trinajstić information content (AvgIpc) is 3.72. The molecule has 7 atom stereocenters. The Kier molecular flexibility index (Phi) is 21.9. The number of thiazole rings is 1. The molecule has 0 saturated carbocycles. The number of likely N-dealkylation sites (tertiary alicyclic amines) is 1. The molecule has 2 amide bonds. The van der Waals surface area contributed by atoms with Crippen LogP contribution in [0.25, 0.3) is 0 Å². The third kappa shape index (κ3) is 17.3. The van der Waals surface area contributed by atoms with E-state index in [4.69, 9.17) is 9.72 Å². The fourth-order valence-corrected chi connectivity index (χ4v) is 10.5. The van der Waals surface area contributed by atoms with Crippen molar-refractivity contribution in [3.63, 3.8) is 0 Å². The van der Waals surface area contributed by atoms with Crippen molar-refractivity contribution < 1.29 is 38.6 Å². The number of nitrogens with one attached hydrogen (secondary N) is 1. The van der Waals surface area contributed by atoms with Gasteiger partial charge in [-0.05, 0) is 107 Å². The van der Waals surface area contributed by atoms with Crippen LogP contribution in [0.15, 0.2) is 29.6 Å². The van der Waals surface area contributed by atoms with E-state index in [0.717, 1.165) is 61.7 Å². The molecule has 348 valence electrons. The van der Waals surface area contributed by atoms with Gasteiger partial charge in [0.25, 0.3) is 5.91 Å². The fraction of sp³-hybridized carbons (Fsp3) is 0.708. The van der Waals surface area contributed by atoms with E-state index in [1.54, 1.807) is 22.4 Å². The molecule has 12 nitrogen and oxygen atoms in total. The Balaban J connectivity index is 1.82. The van der Waals surface area contributed by atoms with Crippen LogP contribution in [-0.4, -0.2) is 101 Å². The van der Waals surface area contributed by atoms with Crippen molar-refractivity contribution in [3.8, 4) is 5.75 Å². The summed E-state index contributed by atoms with van der Waals surface area (Å²) in [4.78, 5) is 87.2. The predicted molar refractivity (Wildman–Crippen MR) is 250 cm³/mol. The molecule has 2 aromatic rings. The Labute approximate surface area is 377 Å². The lowest BCUT2D eigenvalue weighted by Gasteiger charge is -2.39. The number of ether oxygens (including phenoxy) is 1. The SMILES string of the molecule is CCCC(=O)OCN(C(=O)[C@@H](CC(=O)[C@H]1CCCCN1C)[C@@H](C)CC)[C@H](C[C@@H](C)c1nc(C(=O)N[C@@H](Cc2ccc(O)cc2)C[C@H](C)C(=O)CCCC[Si](C)(C)O)cs1)C(C)C. The quantitative estimate of drug-likeness (QED) is 0.0341. The van der Waals surface area contributed by atoms with Crippen LogP contribution < -0.4 is 5.32 Å². The van der Waals surface area contributed by atoms with Crippen LogP contribution in [0.1, 0.15) is 152 Å². The number of carbonyl (C=O) groups is 5. The first-order valence-corrected chi connectivity index (χ1v) is 27.3. The van der Waals surface area contributed by atoms with E-state index in [1.807, 2.05) is 80.7 Å². The van der Waals surface area contributed by atoms with Crippen molar-refractivity contribution in [1.29, 1.82) is 0 Å². The number of amides is 2. The van der Waals surface area contributed by atoms with Gasteiger partial charge in [-0.2, -0.15) is 0 Å². The van der Waals surface area contributed by atoms with E-state index in [-0.39, 0.29) is 102 Å². The van der Waals surface area contributed by atoms with Gasteiger partial charge in [0.2, 0.25) is 5.91 Å². The number of unbranched alkanes of at least 4 members (excludes halogenated alkanes) is 1. The molecular formula is C48H78N4O8SSi. The molecule has 1 aromatic carbocycles. The molecule has 1 saturated heterocycles. The maximum Gasteiger partial charge on any atom is 0.307 e. The number of Topliss-reactive ketones (excluding diaryl/α,β-unsaturated/α-hetero) is 2. The zero-order valence-electron chi connectivity index (χ0n) is 39.4. The van der Waals surface area contributed by atoms with Gasteiger partial charge < -0.3 is 24.9 Å². The molecule has 0 radical (unpaired) electrons. The summed E-state index contributed by atoms with van der Waals surface area (Å²) in [5.41, 5.74) is 1.18. The van der Waals surface area contributed by atoms with E-state index >= 15 is 0 Å². The number of esters is 1. The molecule has 3 N–H and O–H groups in total. The predicted octanol–water partition coefficient (Wildman–Crippen LogP) is 8.91. The van der Waals surface area contributed by atoms with Gasteiger partial charge in [0.05, 0.1) is 11.0 Å². The molecule has 0 aliphatic carbocycles. The molecular weight excluding hydrogens is 821 g/mol. The van der Waals surface area contributed by atoms with Gasteiger partial charge in [0, 0.05) is 54.5 Å². The summed E-state index contributed by atoms with van der Waals surface area (Å²) >= 11 is 1.38. The van der Waals surface area contributed by atoms with Crippen molar-refractivity contribution in [3.05, 3.63) is 45.9 Å². The van der Waals surface area contributed by atoms with Gasteiger partial charge in [0.1, 0.15) is 17.2 Å². The number of aromatic nitrogens is 1. The minimum Gasteiger partial charge on any atom is -0.508 e. The van der Waals surface area contributed by atoms with E-state index in [1.165, 1.54) is 11.3 Å². The number of carbonyl (C=O) groups excluding carboxylic acids is 5. The third-order valence-corrected chi connectivity index (χ3v) is 15.3. The number of hydrogen-bond acceptors (Lipinski definition) is 11. The van der Waals surface area contributed by atoms with Crippen molar-refractivity contribution in [2.45, 2.75) is 175 Å². The highest BCUT2D eigenvalue weighted by Gasteiger charge is 2.38. The standard InChI is InChI=1S/C48H78N4O8SSi/c1-11-17-45(56)60-31-52(48(58)39(33(5)12-2)29-44(55)41-18-13-15-24-51(41)8)42(32(3)4)27-35(7)47-50-40(30-61-47)46(57)49-37(28-36-20-22-38(53)23-21-36)26-34(6)43(54)19-14-16-25-62(9,10)59/h20-23,30,32-35,37,39,41-42,53,59H,11-19,24-29,31H2,1-10H3,(H,49,57)/t33-,34-,35+,37+,39-,41+,42+/m0/s1. The summed E-state index contributed by atoms with van der Waals surface area (Å²) in [5, 5.41) is 15.5. The molecule has 2 heterocycles. The van der Waals surface area contributed by atoms with Crippen LogP contribution in [0.2, 0.25) is 19.1 Å². The van der Waals surface area contributed by atoms with E-state index in [2.05, 4.69) is 10.2 Å². The Bertz CT molecular complexity index is 1730. The van der Waals surface area contributed by atoms with Gasteiger partial charge in [-0.15, -0.1) is 11.3 Å². The molecule has 1 aromatic heterocycles. The largest absolute Gasteiger partial charge is 0.508 e. The lowest BCUT2D eigenvalue weighted by atomic mass is 9.82. The molecule has 3 rings (SSSR count). The van der Waals surface area contributed by atoms with Crippen molar-refractivity contribution in [1.82, 2.24) is 20.1 Å². The molecule has 0 bridgehead atoms. The summed E-state index contributed by atoms with van der Waals surface area (Å²) in [6.07, 6.45) is 7.91. The Morgan fingerprint density at radius 1 is 1.00 bits per heavy atom. The number of ketones is 2. The molecule has 0 spiro atoms. The summed E-state index contributed by atoms with van der Waals surface area (Å²) in [6, 6.07) is 6.67. The van der Waals surface area contributed by atoms with Gasteiger partial charge >= 0.3 is 5.97 Å². The zero-order valence-corrected chi connectivity index (χ0v) is 41.2. The molecule has 1 aliphatic rings. The van der Waals surface area contributed by atoms with Crippen LogP contribution in [0.3, 0.4) is 0 Å². The monoisotopic (exact) mass is 899 g/mol. The molecule has 1 fully saturated rings. The van der Waals surface area contributed by atoms with Crippen molar-refractivity contribution in [2.24, 2.45) is 23.7 Å². The van der Waals surface area contributed by atoms with Crippen molar-refractivity contribution in [2.75, 3.05) is 20.3 Å². The normalized spacial score (nSPS) is 17.7. The van der Waals surface area contributed by atoms with Gasteiger partial charge in [-0.25, -0.2) is 4.98 Å². The third-order valence-electron chi connectivity index (χ3n) is 12.7. The molecule has 1 aliphatic heterocycles. The summed E-state index contributed by atoms with van der Waals surface area (Å²) < 4.78 is 5.75. The second-order valence-corrected chi connectivity index (χ2v) is 24.1. The van der Waals surface area contributed by atoms with E-state index in [0.29, 0.717) is 32.1 Å². The Hall–Kier alpha value is -3.46. The first kappa shape index (κ1) is 52.9. The van der Waals surface area contributed by atoms with Crippen LogP contribution >= 0.6 is 11.3 Å². The van der Waals surface area contributed by atoms with Crippen LogP contribution in [0, 0.1) is 23.7 Å². The topological polar surface area (TPSA) is 166 Å². The maximum atomic E-state index is 14.8. The minimum absolute atomic E-state index is 0.0273. The fourth-order valence-electron chi connectivity index (χ4n) is 8.48. The van der Waals surface area contributed by atoms with Gasteiger partial charge in [0.15, 0.2) is 20.8 Å². The number of aromatic hydroxyl groups is 1. The number of likely N-dealkylation sites (N-methyl/N-ethyl adjacent to an activating group) is 1. The number of benzene rings is 1. The molecule has 0 unspecified atom stereocenters. The highest BCUT2D eigenvalue weighted by molar-refractivity contribution is 7.09. The smallest absolute Gasteiger partial charge is 0.307 e. The Morgan fingerprint density at radius 3 is 2.31 bits per heavy atom. The van der Waals surface area contributed by atoms with Crippen molar-refractivity contribution >= 4 is 49.0 Å². The lowest BCUT2D eigenvalue weighted by molar-refractivity contribution is -0.160. The number of hydrogen-bond donors (Lipinski definition) is 3. The van der Waals surface area contributed by atoms with Crippen LogP contribution in [0.4, 0.5) is 0 Å². The zero-order chi connectivity index (χ0) is 46.1. The average molecular weight is 899 g/mol. The van der Waals surface area contributed by atoms with Gasteiger partial charge in [-0.3, -0.25) is 28.9 Å². The summed E-state index contributed by atoms with van der Waals surface area (Å²) in [6.45, 7) is 18.4. The minimum atomic E-state index is -2.17. The molecule has 14 heteroatoms. The second kappa shape index (κ2) is 25.7. The number of piperidine rings is 1. The highest BCUT2D eigenvalue weighted by atomic mass is 32.1. The number of nitrogens with zero attached hydrogens (tertiary/aromatic N) is 3. The molecule has 62 heavy (non-hydrogen) atoms.